The summed E-state index contributed by atoms with van der Waals surface area (Å²) in [6.07, 6.45) is 1.03. The Balaban J connectivity index is 1.74. The third kappa shape index (κ3) is 6.34. The average Bonchev–Trinajstić information content (AvgIpc) is 2.75. The summed E-state index contributed by atoms with van der Waals surface area (Å²) in [5, 5.41) is 2.63. The molecule has 1 atom stereocenters. The Labute approximate surface area is 201 Å². The van der Waals surface area contributed by atoms with Gasteiger partial charge in [0, 0.05) is 15.8 Å². The normalized spacial score (nSPS) is 12.6. The summed E-state index contributed by atoms with van der Waals surface area (Å²) >= 11 is 3.29. The molecule has 3 aromatic rings. The van der Waals surface area contributed by atoms with E-state index in [0.29, 0.717) is 17.1 Å². The number of rotatable bonds is 8. The number of carbonyl (C=O) groups is 1. The van der Waals surface area contributed by atoms with E-state index in [4.69, 9.17) is 0 Å². The molecule has 3 aromatic carbocycles. The predicted octanol–water partition coefficient (Wildman–Crippen LogP) is 4.04. The van der Waals surface area contributed by atoms with Crippen LogP contribution in [-0.4, -0.2) is 35.0 Å². The Morgan fingerprint density at radius 2 is 1.39 bits per heavy atom. The lowest BCUT2D eigenvalue weighted by Crippen LogP contribution is -2.45. The van der Waals surface area contributed by atoms with E-state index >= 15 is 0 Å². The second-order valence-electron chi connectivity index (χ2n) is 7.20. The number of benzene rings is 3. The zero-order chi connectivity index (χ0) is 24.2. The van der Waals surface area contributed by atoms with Crippen molar-refractivity contribution in [1.82, 2.24) is 0 Å². The second kappa shape index (κ2) is 9.94. The SMILES string of the molecule is CC(C(=O)Nc1ccc(S(=O)(=O)Nc2ccc(Br)cc2)cc1)N(c1ccccc1)S(C)(=O)=O. The van der Waals surface area contributed by atoms with E-state index in [0.717, 1.165) is 15.0 Å². The second-order valence-corrected chi connectivity index (χ2v) is 11.7. The summed E-state index contributed by atoms with van der Waals surface area (Å²) in [6.45, 7) is 1.48. The standard InChI is InChI=1S/C22H22BrN3O5S2/c1-16(26(32(2,28)29)20-6-4-3-5-7-20)22(27)24-18-12-14-21(15-13-18)33(30,31)25-19-10-8-17(23)9-11-19/h3-16,25H,1-2H3,(H,24,27). The first-order valence-corrected chi connectivity index (χ1v) is 13.8. The summed E-state index contributed by atoms with van der Waals surface area (Å²) in [7, 11) is -7.55. The van der Waals surface area contributed by atoms with Gasteiger partial charge in [0.1, 0.15) is 6.04 Å². The lowest BCUT2D eigenvalue weighted by atomic mass is 10.2. The van der Waals surface area contributed by atoms with Gasteiger partial charge in [0.05, 0.1) is 16.8 Å². The molecule has 0 saturated carbocycles. The van der Waals surface area contributed by atoms with Gasteiger partial charge in [-0.1, -0.05) is 34.1 Å². The monoisotopic (exact) mass is 551 g/mol. The van der Waals surface area contributed by atoms with Crippen LogP contribution in [0.25, 0.3) is 0 Å². The molecule has 0 aliphatic carbocycles. The first-order chi connectivity index (χ1) is 15.5. The molecule has 8 nitrogen and oxygen atoms in total. The molecule has 0 fully saturated rings. The lowest BCUT2D eigenvalue weighted by Gasteiger charge is -2.28. The van der Waals surface area contributed by atoms with Gasteiger partial charge in [-0.2, -0.15) is 0 Å². The number of anilines is 3. The van der Waals surface area contributed by atoms with Crippen LogP contribution in [0.4, 0.5) is 17.1 Å². The number of amides is 1. The first-order valence-electron chi connectivity index (χ1n) is 9.71. The molecule has 0 aromatic heterocycles. The molecule has 0 saturated heterocycles. The summed E-state index contributed by atoms with van der Waals surface area (Å²) in [5.41, 5.74) is 1.10. The van der Waals surface area contributed by atoms with Crippen molar-refractivity contribution in [3.63, 3.8) is 0 Å². The minimum atomic E-state index is -3.82. The van der Waals surface area contributed by atoms with E-state index in [-0.39, 0.29) is 4.90 Å². The van der Waals surface area contributed by atoms with Crippen LogP contribution in [0.15, 0.2) is 88.2 Å². The van der Waals surface area contributed by atoms with Crippen LogP contribution < -0.4 is 14.3 Å². The highest BCUT2D eigenvalue weighted by molar-refractivity contribution is 9.10. The number of halogens is 1. The first kappa shape index (κ1) is 24.7. The fourth-order valence-electron chi connectivity index (χ4n) is 3.08. The van der Waals surface area contributed by atoms with Gasteiger partial charge < -0.3 is 5.32 Å². The molecule has 0 aliphatic heterocycles. The summed E-state index contributed by atoms with van der Waals surface area (Å²) in [6, 6.07) is 19.5. The molecule has 0 heterocycles. The van der Waals surface area contributed by atoms with Crippen molar-refractivity contribution >= 4 is 58.9 Å². The molecule has 0 bridgehead atoms. The highest BCUT2D eigenvalue weighted by Crippen LogP contribution is 2.23. The molecule has 1 amide bonds. The fourth-order valence-corrected chi connectivity index (χ4v) is 5.58. The van der Waals surface area contributed by atoms with Gasteiger partial charge >= 0.3 is 0 Å². The maximum absolute atomic E-state index is 12.8. The fraction of sp³-hybridized carbons (Fsp3) is 0.136. The van der Waals surface area contributed by atoms with Crippen molar-refractivity contribution in [3.8, 4) is 0 Å². The Bertz CT molecular complexity index is 1330. The van der Waals surface area contributed by atoms with Gasteiger partial charge in [0.15, 0.2) is 0 Å². The Morgan fingerprint density at radius 1 is 0.848 bits per heavy atom. The molecule has 3 rings (SSSR count). The van der Waals surface area contributed by atoms with Gasteiger partial charge in [-0.25, -0.2) is 16.8 Å². The largest absolute Gasteiger partial charge is 0.324 e. The van der Waals surface area contributed by atoms with Gasteiger partial charge in [-0.05, 0) is 67.6 Å². The van der Waals surface area contributed by atoms with E-state index in [1.54, 1.807) is 54.6 Å². The van der Waals surface area contributed by atoms with Gasteiger partial charge in [0.25, 0.3) is 10.0 Å². The van der Waals surface area contributed by atoms with Crippen molar-refractivity contribution in [3.05, 3.63) is 83.3 Å². The third-order valence-corrected chi connectivity index (χ3v) is 7.80. The Hall–Kier alpha value is -2.89. The van der Waals surface area contributed by atoms with Crippen molar-refractivity contribution in [2.24, 2.45) is 0 Å². The molecule has 0 spiro atoms. The van der Waals surface area contributed by atoms with E-state index in [1.807, 2.05) is 0 Å². The highest BCUT2D eigenvalue weighted by atomic mass is 79.9. The number of nitrogens with one attached hydrogen (secondary N) is 2. The molecule has 2 N–H and O–H groups in total. The maximum Gasteiger partial charge on any atom is 0.261 e. The summed E-state index contributed by atoms with van der Waals surface area (Å²) < 4.78 is 54.2. The lowest BCUT2D eigenvalue weighted by molar-refractivity contribution is -0.116. The van der Waals surface area contributed by atoms with Crippen molar-refractivity contribution in [2.75, 3.05) is 20.6 Å². The smallest absolute Gasteiger partial charge is 0.261 e. The van der Waals surface area contributed by atoms with Crippen molar-refractivity contribution < 1.29 is 21.6 Å². The summed E-state index contributed by atoms with van der Waals surface area (Å²) in [4.78, 5) is 12.8. The number of nitrogens with zero attached hydrogens (tertiary/aromatic N) is 1. The van der Waals surface area contributed by atoms with Crippen molar-refractivity contribution in [2.45, 2.75) is 17.9 Å². The van der Waals surface area contributed by atoms with Crippen LogP contribution in [0.5, 0.6) is 0 Å². The zero-order valence-electron chi connectivity index (χ0n) is 17.8. The van der Waals surface area contributed by atoms with E-state index in [1.165, 1.54) is 31.2 Å². The van der Waals surface area contributed by atoms with Crippen LogP contribution in [-0.2, 0) is 24.8 Å². The highest BCUT2D eigenvalue weighted by Gasteiger charge is 2.29. The van der Waals surface area contributed by atoms with E-state index < -0.39 is 32.0 Å². The van der Waals surface area contributed by atoms with Gasteiger partial charge in [-0.3, -0.25) is 13.8 Å². The van der Waals surface area contributed by atoms with Gasteiger partial charge in [-0.15, -0.1) is 0 Å². The molecule has 1 unspecified atom stereocenters. The quantitative estimate of drug-likeness (QED) is 0.438. The summed E-state index contributed by atoms with van der Waals surface area (Å²) in [5.74, 6) is -0.562. The van der Waals surface area contributed by atoms with Crippen LogP contribution in [0.2, 0.25) is 0 Å². The number of para-hydroxylation sites is 1. The molecule has 33 heavy (non-hydrogen) atoms. The minimum absolute atomic E-state index is 0.0125. The topological polar surface area (TPSA) is 113 Å². The number of hydrogen-bond acceptors (Lipinski definition) is 5. The minimum Gasteiger partial charge on any atom is -0.324 e. The average molecular weight is 552 g/mol. The molecular weight excluding hydrogens is 530 g/mol. The third-order valence-electron chi connectivity index (χ3n) is 4.63. The number of carbonyl (C=O) groups excluding carboxylic acids is 1. The van der Waals surface area contributed by atoms with Gasteiger partial charge in [0.2, 0.25) is 15.9 Å². The van der Waals surface area contributed by atoms with Crippen LogP contribution in [0.3, 0.4) is 0 Å². The number of sulfonamides is 2. The molecule has 0 radical (unpaired) electrons. The Kier molecular flexibility index (Phi) is 7.45. The van der Waals surface area contributed by atoms with Crippen molar-refractivity contribution in [1.29, 1.82) is 0 Å². The molecule has 0 aliphatic rings. The predicted molar refractivity (Wildman–Crippen MR) is 133 cm³/mol. The molecule has 174 valence electrons. The van der Waals surface area contributed by atoms with E-state index in [9.17, 15) is 21.6 Å². The molecular formula is C22H22BrN3O5S2. The van der Waals surface area contributed by atoms with Crippen LogP contribution in [0, 0.1) is 0 Å². The maximum atomic E-state index is 12.8. The van der Waals surface area contributed by atoms with Crippen LogP contribution >= 0.6 is 15.9 Å². The van der Waals surface area contributed by atoms with E-state index in [2.05, 4.69) is 26.0 Å². The zero-order valence-corrected chi connectivity index (χ0v) is 21.0. The molecule has 11 heteroatoms. The van der Waals surface area contributed by atoms with Crippen LogP contribution in [0.1, 0.15) is 6.92 Å². The number of hydrogen-bond donors (Lipinski definition) is 2. The Morgan fingerprint density at radius 3 is 1.94 bits per heavy atom.